The van der Waals surface area contributed by atoms with Crippen molar-refractivity contribution in [3.8, 4) is 0 Å². The zero-order valence-corrected chi connectivity index (χ0v) is 28.6. The minimum atomic E-state index is 1.32. The maximum atomic E-state index is 2.47. The molecule has 0 N–H and O–H groups in total. The summed E-state index contributed by atoms with van der Waals surface area (Å²) in [5.41, 5.74) is 0. The van der Waals surface area contributed by atoms with Gasteiger partial charge >= 0.3 is 0 Å². The fourth-order valence-electron chi connectivity index (χ4n) is 6.21. The standard InChI is InChI=1S/C40H80/c1-3-5-7-9-11-13-15-17-19-21-23-25-27-29-31-33-35-37-39-40-38-36-34-32-30-28-26-24-22-20-18-16-14-12-10-8-6-4-2/h39-40H,3-38H2,1-2H3. The Bertz CT molecular complexity index is 395. The van der Waals surface area contributed by atoms with Crippen molar-refractivity contribution in [1.82, 2.24) is 0 Å². The number of hydrogen-bond donors (Lipinski definition) is 0. The maximum absolute atomic E-state index is 2.47. The summed E-state index contributed by atoms with van der Waals surface area (Å²) in [6, 6.07) is 0. The van der Waals surface area contributed by atoms with Gasteiger partial charge in [0.25, 0.3) is 0 Å². The van der Waals surface area contributed by atoms with E-state index in [2.05, 4.69) is 26.0 Å². The van der Waals surface area contributed by atoms with Crippen molar-refractivity contribution in [3.05, 3.63) is 12.2 Å². The van der Waals surface area contributed by atoms with Crippen LogP contribution < -0.4 is 0 Å². The lowest BCUT2D eigenvalue weighted by atomic mass is 10.0. The molecule has 240 valence electrons. The Balaban J connectivity index is 3.08. The van der Waals surface area contributed by atoms with E-state index in [0.29, 0.717) is 0 Å². The topological polar surface area (TPSA) is 0 Å². The van der Waals surface area contributed by atoms with Gasteiger partial charge in [0.15, 0.2) is 0 Å². The third kappa shape index (κ3) is 37.7. The van der Waals surface area contributed by atoms with Gasteiger partial charge in [-0.3, -0.25) is 0 Å². The largest absolute Gasteiger partial charge is 0.0885 e. The van der Waals surface area contributed by atoms with Crippen LogP contribution in [0.25, 0.3) is 0 Å². The quantitative estimate of drug-likeness (QED) is 0.0528. The van der Waals surface area contributed by atoms with E-state index in [1.165, 1.54) is 231 Å². The van der Waals surface area contributed by atoms with E-state index in [1.54, 1.807) is 0 Å². The second-order valence-electron chi connectivity index (χ2n) is 13.4. The summed E-state index contributed by atoms with van der Waals surface area (Å²) in [5, 5.41) is 0. The van der Waals surface area contributed by atoms with Crippen LogP contribution >= 0.6 is 0 Å². The Kier molecular flexibility index (Phi) is 38.5. The van der Waals surface area contributed by atoms with E-state index in [0.717, 1.165) is 0 Å². The molecule has 0 radical (unpaired) electrons. The minimum absolute atomic E-state index is 1.32. The van der Waals surface area contributed by atoms with Crippen molar-refractivity contribution in [2.24, 2.45) is 0 Å². The van der Waals surface area contributed by atoms with Crippen LogP contribution in [0.4, 0.5) is 0 Å². The van der Waals surface area contributed by atoms with Crippen molar-refractivity contribution in [3.63, 3.8) is 0 Å². The molecule has 0 fully saturated rings. The third-order valence-electron chi connectivity index (χ3n) is 9.12. The van der Waals surface area contributed by atoms with E-state index >= 15 is 0 Å². The summed E-state index contributed by atoms with van der Waals surface area (Å²) in [4.78, 5) is 0. The highest BCUT2D eigenvalue weighted by Gasteiger charge is 1.96. The number of allylic oxidation sites excluding steroid dienone is 2. The Morgan fingerprint density at radius 2 is 0.350 bits per heavy atom. The average Bonchev–Trinajstić information content (AvgIpc) is 2.97. The zero-order valence-electron chi connectivity index (χ0n) is 28.6. The van der Waals surface area contributed by atoms with Gasteiger partial charge in [0.05, 0.1) is 0 Å². The molecule has 0 aromatic carbocycles. The molecule has 0 saturated carbocycles. The first-order chi connectivity index (χ1) is 19.9. The molecule has 40 heavy (non-hydrogen) atoms. The van der Waals surface area contributed by atoms with E-state index in [9.17, 15) is 0 Å². The zero-order chi connectivity index (χ0) is 28.9. The molecule has 0 spiro atoms. The van der Waals surface area contributed by atoms with Crippen LogP contribution in [0.3, 0.4) is 0 Å². The van der Waals surface area contributed by atoms with Crippen molar-refractivity contribution in [1.29, 1.82) is 0 Å². The number of hydrogen-bond acceptors (Lipinski definition) is 0. The minimum Gasteiger partial charge on any atom is -0.0885 e. The molecular weight excluding hydrogens is 480 g/mol. The molecule has 0 aliphatic heterocycles. The maximum Gasteiger partial charge on any atom is -0.0351 e. The van der Waals surface area contributed by atoms with Gasteiger partial charge in [0.1, 0.15) is 0 Å². The molecule has 0 aliphatic rings. The average molecular weight is 561 g/mol. The summed E-state index contributed by atoms with van der Waals surface area (Å²) in [6.45, 7) is 4.61. The second-order valence-corrected chi connectivity index (χ2v) is 13.4. The third-order valence-corrected chi connectivity index (χ3v) is 9.12. The molecule has 0 heteroatoms. The van der Waals surface area contributed by atoms with E-state index in [-0.39, 0.29) is 0 Å². The number of rotatable bonds is 36. The summed E-state index contributed by atoms with van der Waals surface area (Å²) in [7, 11) is 0. The summed E-state index contributed by atoms with van der Waals surface area (Å²) >= 11 is 0. The van der Waals surface area contributed by atoms with Crippen LogP contribution in [0, 0.1) is 0 Å². The van der Waals surface area contributed by atoms with Gasteiger partial charge in [-0.1, -0.05) is 231 Å². The molecule has 0 rings (SSSR count). The van der Waals surface area contributed by atoms with Gasteiger partial charge < -0.3 is 0 Å². The molecule has 0 unspecified atom stereocenters. The fourth-order valence-corrected chi connectivity index (χ4v) is 6.21. The van der Waals surface area contributed by atoms with Gasteiger partial charge in [-0.05, 0) is 25.7 Å². The molecule has 0 atom stereocenters. The molecule has 0 nitrogen and oxygen atoms in total. The summed E-state index contributed by atoms with van der Waals surface area (Å²) in [6.07, 6.45) is 57.4. The highest BCUT2D eigenvalue weighted by molar-refractivity contribution is 4.81. The highest BCUT2D eigenvalue weighted by atomic mass is 14.0. The van der Waals surface area contributed by atoms with E-state index in [4.69, 9.17) is 0 Å². The van der Waals surface area contributed by atoms with Gasteiger partial charge in [0.2, 0.25) is 0 Å². The van der Waals surface area contributed by atoms with E-state index in [1.807, 2.05) is 0 Å². The van der Waals surface area contributed by atoms with Crippen molar-refractivity contribution in [2.45, 2.75) is 245 Å². The monoisotopic (exact) mass is 561 g/mol. The Morgan fingerprint density at radius 1 is 0.200 bits per heavy atom. The molecule has 0 heterocycles. The van der Waals surface area contributed by atoms with Crippen LogP contribution in [0.5, 0.6) is 0 Å². The van der Waals surface area contributed by atoms with Crippen LogP contribution in [0.15, 0.2) is 12.2 Å². The Hall–Kier alpha value is -0.260. The molecule has 0 bridgehead atoms. The first-order valence-corrected chi connectivity index (χ1v) is 19.6. The molecule has 0 saturated heterocycles. The smallest absolute Gasteiger partial charge is 0.0351 e. The van der Waals surface area contributed by atoms with Crippen LogP contribution in [0.1, 0.15) is 245 Å². The second kappa shape index (κ2) is 38.7. The van der Waals surface area contributed by atoms with Crippen LogP contribution in [-0.4, -0.2) is 0 Å². The Morgan fingerprint density at radius 3 is 0.525 bits per heavy atom. The first-order valence-electron chi connectivity index (χ1n) is 19.6. The molecule has 0 aromatic rings. The van der Waals surface area contributed by atoms with Crippen molar-refractivity contribution >= 4 is 0 Å². The van der Waals surface area contributed by atoms with Crippen LogP contribution in [-0.2, 0) is 0 Å². The highest BCUT2D eigenvalue weighted by Crippen LogP contribution is 2.16. The Labute approximate surface area is 256 Å². The SMILES string of the molecule is CCCCCCCCCCCCCCCCCCCC=CCCCCCCCCCCCCCCCCCCC. The molecule has 0 aromatic heterocycles. The molecule has 0 aliphatic carbocycles. The lowest BCUT2D eigenvalue weighted by Crippen LogP contribution is -1.84. The predicted molar refractivity (Wildman–Crippen MR) is 187 cm³/mol. The van der Waals surface area contributed by atoms with Crippen LogP contribution in [0.2, 0.25) is 0 Å². The summed E-state index contributed by atoms with van der Waals surface area (Å²) < 4.78 is 0. The van der Waals surface area contributed by atoms with Gasteiger partial charge in [-0.2, -0.15) is 0 Å². The van der Waals surface area contributed by atoms with Crippen molar-refractivity contribution < 1.29 is 0 Å². The lowest BCUT2D eigenvalue weighted by Gasteiger charge is -2.03. The van der Waals surface area contributed by atoms with E-state index < -0.39 is 0 Å². The lowest BCUT2D eigenvalue weighted by molar-refractivity contribution is 0.527. The number of unbranched alkanes of at least 4 members (excludes halogenated alkanes) is 34. The molecular formula is C40H80. The normalized spacial score (nSPS) is 11.8. The predicted octanol–water partition coefficient (Wildman–Crippen LogP) is 15.6. The molecule has 0 amide bonds. The summed E-state index contributed by atoms with van der Waals surface area (Å²) in [5.74, 6) is 0. The van der Waals surface area contributed by atoms with Gasteiger partial charge in [-0.25, -0.2) is 0 Å². The van der Waals surface area contributed by atoms with Crippen molar-refractivity contribution in [2.75, 3.05) is 0 Å². The first kappa shape index (κ1) is 39.7. The fraction of sp³-hybridized carbons (Fsp3) is 0.950. The van der Waals surface area contributed by atoms with Gasteiger partial charge in [0, 0.05) is 0 Å². The van der Waals surface area contributed by atoms with Gasteiger partial charge in [-0.15, -0.1) is 0 Å².